The maximum Gasteiger partial charge on any atom is 0.254 e. The van der Waals surface area contributed by atoms with Crippen LogP contribution in [0.5, 0.6) is 0 Å². The summed E-state index contributed by atoms with van der Waals surface area (Å²) in [5.74, 6) is 0.0323. The van der Waals surface area contributed by atoms with Gasteiger partial charge in [-0.05, 0) is 36.4 Å². The number of hydrogen-bond donors (Lipinski definition) is 1. The molecule has 2 aliphatic rings. The van der Waals surface area contributed by atoms with Crippen LogP contribution in [0.15, 0.2) is 48.9 Å². The number of aromatic nitrogens is 4. The summed E-state index contributed by atoms with van der Waals surface area (Å²) in [6, 6.07) is 9.40. The SMILES string of the molecule is O=C(c1ccc(-n2cc(C3=Cc4cnccc4NC3)nn2)cc1)N1CCOCC1. The summed E-state index contributed by atoms with van der Waals surface area (Å²) in [6.45, 7) is 3.14. The highest BCUT2D eigenvalue weighted by Gasteiger charge is 2.19. The third kappa shape index (κ3) is 3.50. The van der Waals surface area contributed by atoms with Crippen LogP contribution in [0.1, 0.15) is 21.6 Å². The average Bonchev–Trinajstić information content (AvgIpc) is 3.29. The zero-order valence-corrected chi connectivity index (χ0v) is 15.8. The Kier molecular flexibility index (Phi) is 4.53. The quantitative estimate of drug-likeness (QED) is 0.740. The molecule has 146 valence electrons. The molecule has 0 radical (unpaired) electrons. The van der Waals surface area contributed by atoms with Gasteiger partial charge in [0.2, 0.25) is 0 Å². The Morgan fingerprint density at radius 2 is 1.93 bits per heavy atom. The summed E-state index contributed by atoms with van der Waals surface area (Å²) in [4.78, 5) is 18.6. The predicted molar refractivity (Wildman–Crippen MR) is 109 cm³/mol. The molecule has 2 aromatic heterocycles. The first-order chi connectivity index (χ1) is 14.3. The van der Waals surface area contributed by atoms with Crippen molar-refractivity contribution in [2.24, 2.45) is 0 Å². The molecule has 4 heterocycles. The van der Waals surface area contributed by atoms with Crippen molar-refractivity contribution < 1.29 is 9.53 Å². The lowest BCUT2D eigenvalue weighted by Gasteiger charge is -2.26. The predicted octanol–water partition coefficient (Wildman–Crippen LogP) is 2.10. The average molecular weight is 388 g/mol. The summed E-state index contributed by atoms with van der Waals surface area (Å²) < 4.78 is 7.03. The van der Waals surface area contributed by atoms with Crippen LogP contribution >= 0.6 is 0 Å². The van der Waals surface area contributed by atoms with E-state index in [1.54, 1.807) is 10.9 Å². The number of carbonyl (C=O) groups is 1. The molecule has 0 unspecified atom stereocenters. The monoisotopic (exact) mass is 388 g/mol. The normalized spacial score (nSPS) is 16.0. The summed E-state index contributed by atoms with van der Waals surface area (Å²) in [5, 5.41) is 11.9. The summed E-state index contributed by atoms with van der Waals surface area (Å²) in [7, 11) is 0. The molecule has 0 spiro atoms. The van der Waals surface area contributed by atoms with Crippen molar-refractivity contribution in [1.82, 2.24) is 24.9 Å². The minimum atomic E-state index is 0.0323. The second-order valence-electron chi connectivity index (χ2n) is 6.99. The van der Waals surface area contributed by atoms with Gasteiger partial charge in [0.25, 0.3) is 5.91 Å². The lowest BCUT2D eigenvalue weighted by atomic mass is 10.0. The largest absolute Gasteiger partial charge is 0.380 e. The number of nitrogens with one attached hydrogen (secondary N) is 1. The van der Waals surface area contributed by atoms with Gasteiger partial charge < -0.3 is 15.0 Å². The zero-order chi connectivity index (χ0) is 19.6. The van der Waals surface area contributed by atoms with E-state index in [0.717, 1.165) is 28.2 Å². The number of hydrogen-bond acceptors (Lipinski definition) is 6. The number of rotatable bonds is 3. The van der Waals surface area contributed by atoms with Gasteiger partial charge in [0, 0.05) is 54.4 Å². The minimum absolute atomic E-state index is 0.0323. The van der Waals surface area contributed by atoms with Crippen molar-refractivity contribution in [1.29, 1.82) is 0 Å². The molecular weight excluding hydrogens is 368 g/mol. The van der Waals surface area contributed by atoms with Crippen LogP contribution in [0.4, 0.5) is 5.69 Å². The lowest BCUT2D eigenvalue weighted by molar-refractivity contribution is 0.0303. The molecule has 0 bridgehead atoms. The molecule has 1 amide bonds. The summed E-state index contributed by atoms with van der Waals surface area (Å²) in [6.07, 6.45) is 7.58. The highest BCUT2D eigenvalue weighted by Crippen LogP contribution is 2.26. The highest BCUT2D eigenvalue weighted by atomic mass is 16.5. The topological polar surface area (TPSA) is 85.2 Å². The molecule has 8 nitrogen and oxygen atoms in total. The maximum atomic E-state index is 12.6. The van der Waals surface area contributed by atoms with Crippen LogP contribution in [0, 0.1) is 0 Å². The Bertz CT molecular complexity index is 1070. The van der Waals surface area contributed by atoms with Crippen LogP contribution in [0.3, 0.4) is 0 Å². The second kappa shape index (κ2) is 7.48. The molecule has 3 aromatic rings. The maximum absolute atomic E-state index is 12.6. The highest BCUT2D eigenvalue weighted by molar-refractivity contribution is 5.94. The second-order valence-corrected chi connectivity index (χ2v) is 6.99. The van der Waals surface area contributed by atoms with Crippen LogP contribution in [-0.2, 0) is 4.74 Å². The molecule has 0 saturated carbocycles. The van der Waals surface area contributed by atoms with E-state index < -0.39 is 0 Å². The molecule has 8 heteroatoms. The Morgan fingerprint density at radius 3 is 2.76 bits per heavy atom. The van der Waals surface area contributed by atoms with Crippen LogP contribution in [-0.4, -0.2) is 63.6 Å². The molecule has 1 N–H and O–H groups in total. The van der Waals surface area contributed by atoms with E-state index in [1.807, 2.05) is 47.6 Å². The number of fused-ring (bicyclic) bond motifs is 1. The van der Waals surface area contributed by atoms with Crippen LogP contribution in [0.25, 0.3) is 17.3 Å². The van der Waals surface area contributed by atoms with Crippen LogP contribution < -0.4 is 5.32 Å². The number of benzene rings is 1. The third-order valence-electron chi connectivity index (χ3n) is 5.15. The standard InChI is InChI=1S/C21H20N6O2/c28-21(26-7-9-29-10-8-26)15-1-3-18(4-2-15)27-14-20(24-25-27)17-11-16-12-22-6-5-19(16)23-13-17/h1-6,11-12,14,23H,7-10,13H2. The van der Waals surface area contributed by atoms with Gasteiger partial charge >= 0.3 is 0 Å². The Hall–Kier alpha value is -3.52. The molecule has 2 aliphatic heterocycles. The van der Waals surface area contributed by atoms with Gasteiger partial charge in [-0.25, -0.2) is 4.68 Å². The van der Waals surface area contributed by atoms with Crippen molar-refractivity contribution in [3.05, 3.63) is 65.7 Å². The number of morpholine rings is 1. The van der Waals surface area contributed by atoms with Gasteiger partial charge in [0.1, 0.15) is 5.69 Å². The first-order valence-electron chi connectivity index (χ1n) is 9.56. The van der Waals surface area contributed by atoms with Gasteiger partial charge in [0.15, 0.2) is 0 Å². The number of ether oxygens (including phenoxy) is 1. The molecule has 0 aliphatic carbocycles. The fourth-order valence-electron chi connectivity index (χ4n) is 3.52. The van der Waals surface area contributed by atoms with Crippen molar-refractivity contribution in [3.63, 3.8) is 0 Å². The number of pyridine rings is 1. The summed E-state index contributed by atoms with van der Waals surface area (Å²) in [5.41, 5.74) is 5.48. The van der Waals surface area contributed by atoms with E-state index in [9.17, 15) is 4.79 Å². The molecule has 5 rings (SSSR count). The lowest BCUT2D eigenvalue weighted by Crippen LogP contribution is -2.40. The summed E-state index contributed by atoms with van der Waals surface area (Å²) >= 11 is 0. The number of amides is 1. The van der Waals surface area contributed by atoms with Crippen molar-refractivity contribution in [2.45, 2.75) is 0 Å². The molecule has 1 saturated heterocycles. The molecule has 1 fully saturated rings. The minimum Gasteiger partial charge on any atom is -0.380 e. The smallest absolute Gasteiger partial charge is 0.254 e. The van der Waals surface area contributed by atoms with Crippen molar-refractivity contribution in [2.75, 3.05) is 38.2 Å². The van der Waals surface area contributed by atoms with Crippen molar-refractivity contribution in [3.8, 4) is 5.69 Å². The Balaban J connectivity index is 1.34. The van der Waals surface area contributed by atoms with Gasteiger partial charge in [-0.1, -0.05) is 5.21 Å². The number of anilines is 1. The Labute approximate surface area is 167 Å². The number of carbonyl (C=O) groups excluding carboxylic acids is 1. The molecular formula is C21H20N6O2. The van der Waals surface area contributed by atoms with Gasteiger partial charge in [-0.2, -0.15) is 0 Å². The van der Waals surface area contributed by atoms with E-state index in [-0.39, 0.29) is 5.91 Å². The van der Waals surface area contributed by atoms with E-state index >= 15 is 0 Å². The molecule has 1 aromatic carbocycles. The zero-order valence-electron chi connectivity index (χ0n) is 15.8. The van der Waals surface area contributed by atoms with E-state index in [1.165, 1.54) is 0 Å². The van der Waals surface area contributed by atoms with Gasteiger partial charge in [-0.3, -0.25) is 9.78 Å². The van der Waals surface area contributed by atoms with Crippen molar-refractivity contribution >= 4 is 23.2 Å². The first kappa shape index (κ1) is 17.6. The van der Waals surface area contributed by atoms with E-state index in [0.29, 0.717) is 38.4 Å². The van der Waals surface area contributed by atoms with Gasteiger partial charge in [0.05, 0.1) is 25.1 Å². The van der Waals surface area contributed by atoms with E-state index in [2.05, 4.69) is 26.7 Å². The number of nitrogens with zero attached hydrogens (tertiary/aromatic N) is 5. The van der Waals surface area contributed by atoms with E-state index in [4.69, 9.17) is 4.74 Å². The third-order valence-corrected chi connectivity index (χ3v) is 5.15. The Morgan fingerprint density at radius 1 is 1.10 bits per heavy atom. The molecule has 0 atom stereocenters. The van der Waals surface area contributed by atoms with Crippen LogP contribution in [0.2, 0.25) is 0 Å². The first-order valence-corrected chi connectivity index (χ1v) is 9.56. The fourth-order valence-corrected chi connectivity index (χ4v) is 3.52. The molecule has 29 heavy (non-hydrogen) atoms. The fraction of sp³-hybridized carbons (Fsp3) is 0.238. The van der Waals surface area contributed by atoms with Gasteiger partial charge in [-0.15, -0.1) is 5.10 Å².